The lowest BCUT2D eigenvalue weighted by Gasteiger charge is -2.24. The lowest BCUT2D eigenvalue weighted by atomic mass is 10.2. The molecule has 1 aromatic heterocycles. The summed E-state index contributed by atoms with van der Waals surface area (Å²) in [7, 11) is -3.65. The largest absolute Gasteiger partial charge is 0.302 e. The predicted octanol–water partition coefficient (Wildman–Crippen LogP) is 4.84. The van der Waals surface area contributed by atoms with Crippen LogP contribution in [0.25, 0.3) is 10.2 Å². The molecule has 11 heteroatoms. The number of carbonyl (C=O) groups is 1. The number of benzene rings is 2. The summed E-state index contributed by atoms with van der Waals surface area (Å²) in [5, 5.41) is 0.222. The molecule has 0 aliphatic heterocycles. The van der Waals surface area contributed by atoms with Crippen molar-refractivity contribution in [3.05, 3.63) is 53.6 Å². The molecule has 0 bridgehead atoms. The standard InChI is InChI=1S/C23H27F2N3O3S2.ClH/c1-4-27(5-2)11-12-28(23-26-22-19(25)14-17(24)15-20(22)32-23)21(29)10-13-33(30,31)18-8-6-16(3)7-9-18;/h6-9,14-15H,4-5,10-13H2,1-3H3;1H. The predicted molar refractivity (Wildman–Crippen MR) is 135 cm³/mol. The van der Waals surface area contributed by atoms with Crippen molar-refractivity contribution in [2.45, 2.75) is 32.1 Å². The molecule has 0 radical (unpaired) electrons. The first-order valence-electron chi connectivity index (χ1n) is 10.7. The van der Waals surface area contributed by atoms with Gasteiger partial charge in [0, 0.05) is 25.6 Å². The van der Waals surface area contributed by atoms with Gasteiger partial charge >= 0.3 is 0 Å². The fourth-order valence-corrected chi connectivity index (χ4v) is 5.67. The molecular weight excluding hydrogens is 504 g/mol. The minimum Gasteiger partial charge on any atom is -0.302 e. The first-order valence-corrected chi connectivity index (χ1v) is 13.2. The molecule has 1 amide bonds. The number of rotatable bonds is 10. The minimum atomic E-state index is -3.65. The molecule has 0 unspecified atom stereocenters. The molecule has 0 N–H and O–H groups in total. The highest BCUT2D eigenvalue weighted by Gasteiger charge is 2.24. The maximum Gasteiger partial charge on any atom is 0.229 e. The van der Waals surface area contributed by atoms with Gasteiger partial charge in [0.2, 0.25) is 5.91 Å². The Bertz CT molecular complexity index is 1230. The molecular formula is C23H28ClF2N3O3S2. The number of carbonyl (C=O) groups excluding carboxylic acids is 1. The molecule has 3 rings (SSSR count). The van der Waals surface area contributed by atoms with E-state index in [-0.39, 0.29) is 51.4 Å². The highest BCUT2D eigenvalue weighted by molar-refractivity contribution is 7.91. The summed E-state index contributed by atoms with van der Waals surface area (Å²) in [6.45, 7) is 8.21. The summed E-state index contributed by atoms with van der Waals surface area (Å²) in [6.07, 6.45) is -0.249. The van der Waals surface area contributed by atoms with E-state index in [4.69, 9.17) is 0 Å². The van der Waals surface area contributed by atoms with Gasteiger partial charge in [0.1, 0.15) is 11.3 Å². The van der Waals surface area contributed by atoms with E-state index in [1.54, 1.807) is 12.1 Å². The van der Waals surface area contributed by atoms with Gasteiger partial charge in [-0.2, -0.15) is 0 Å². The third-order valence-electron chi connectivity index (χ3n) is 5.43. The van der Waals surface area contributed by atoms with Gasteiger partial charge in [-0.25, -0.2) is 22.2 Å². The van der Waals surface area contributed by atoms with E-state index in [1.165, 1.54) is 23.1 Å². The first kappa shape index (κ1) is 28.1. The van der Waals surface area contributed by atoms with Crippen LogP contribution >= 0.6 is 23.7 Å². The Kier molecular flexibility index (Phi) is 9.93. The highest BCUT2D eigenvalue weighted by atomic mass is 35.5. The van der Waals surface area contributed by atoms with Crippen molar-refractivity contribution in [3.8, 4) is 0 Å². The number of fused-ring (bicyclic) bond motifs is 1. The molecule has 0 aliphatic rings. The Morgan fingerprint density at radius 3 is 2.32 bits per heavy atom. The molecule has 6 nitrogen and oxygen atoms in total. The number of halogens is 3. The van der Waals surface area contributed by atoms with Crippen LogP contribution in [0.1, 0.15) is 25.8 Å². The maximum absolute atomic E-state index is 14.2. The molecule has 34 heavy (non-hydrogen) atoms. The monoisotopic (exact) mass is 531 g/mol. The summed E-state index contributed by atoms with van der Waals surface area (Å²) in [5.74, 6) is -2.31. The average molecular weight is 532 g/mol. The van der Waals surface area contributed by atoms with Gasteiger partial charge in [0.25, 0.3) is 0 Å². The smallest absolute Gasteiger partial charge is 0.229 e. The quantitative estimate of drug-likeness (QED) is 0.374. The number of anilines is 1. The second-order valence-corrected chi connectivity index (χ2v) is 10.8. The Morgan fingerprint density at radius 2 is 1.71 bits per heavy atom. The van der Waals surface area contributed by atoms with Crippen molar-refractivity contribution in [2.24, 2.45) is 0 Å². The Hall–Kier alpha value is -2.14. The Balaban J connectivity index is 0.00000408. The third-order valence-corrected chi connectivity index (χ3v) is 8.19. The van der Waals surface area contributed by atoms with Crippen molar-refractivity contribution in [1.29, 1.82) is 0 Å². The fraction of sp³-hybridized carbons (Fsp3) is 0.391. The van der Waals surface area contributed by atoms with Crippen LogP contribution in [-0.4, -0.2) is 56.1 Å². The topological polar surface area (TPSA) is 70.6 Å². The summed E-state index contributed by atoms with van der Waals surface area (Å²) in [6, 6.07) is 8.40. The number of likely N-dealkylation sites (N-methyl/N-ethyl adjacent to an activating group) is 1. The van der Waals surface area contributed by atoms with Crippen molar-refractivity contribution < 1.29 is 22.0 Å². The number of nitrogens with zero attached hydrogens (tertiary/aromatic N) is 3. The number of aryl methyl sites for hydroxylation is 1. The lowest BCUT2D eigenvalue weighted by Crippen LogP contribution is -2.39. The van der Waals surface area contributed by atoms with Gasteiger partial charge in [-0.3, -0.25) is 9.69 Å². The molecule has 0 saturated carbocycles. The zero-order chi connectivity index (χ0) is 24.2. The Labute approximate surface area is 208 Å². The highest BCUT2D eigenvalue weighted by Crippen LogP contribution is 2.31. The summed E-state index contributed by atoms with van der Waals surface area (Å²) >= 11 is 1.01. The van der Waals surface area contributed by atoms with E-state index < -0.39 is 27.4 Å². The summed E-state index contributed by atoms with van der Waals surface area (Å²) < 4.78 is 53.5. The zero-order valence-electron chi connectivity index (χ0n) is 19.3. The minimum absolute atomic E-state index is 0. The number of sulfone groups is 1. The van der Waals surface area contributed by atoms with E-state index in [9.17, 15) is 22.0 Å². The van der Waals surface area contributed by atoms with Gasteiger partial charge in [-0.1, -0.05) is 42.9 Å². The van der Waals surface area contributed by atoms with Crippen molar-refractivity contribution in [3.63, 3.8) is 0 Å². The van der Waals surface area contributed by atoms with Crippen LogP contribution in [0.5, 0.6) is 0 Å². The van der Waals surface area contributed by atoms with Gasteiger partial charge in [0.15, 0.2) is 20.8 Å². The molecule has 0 saturated heterocycles. The molecule has 186 valence electrons. The number of thiazole rings is 1. The second-order valence-electron chi connectivity index (χ2n) is 7.68. The van der Waals surface area contributed by atoms with Crippen LogP contribution in [-0.2, 0) is 14.6 Å². The van der Waals surface area contributed by atoms with E-state index in [2.05, 4.69) is 9.88 Å². The Morgan fingerprint density at radius 1 is 1.06 bits per heavy atom. The van der Waals surface area contributed by atoms with Crippen LogP contribution in [0.2, 0.25) is 0 Å². The molecule has 1 heterocycles. The van der Waals surface area contributed by atoms with Crippen molar-refractivity contribution in [1.82, 2.24) is 9.88 Å². The van der Waals surface area contributed by atoms with Crippen molar-refractivity contribution >= 4 is 54.8 Å². The van der Waals surface area contributed by atoms with E-state index in [0.29, 0.717) is 6.54 Å². The van der Waals surface area contributed by atoms with Crippen LogP contribution in [0.3, 0.4) is 0 Å². The lowest BCUT2D eigenvalue weighted by molar-refractivity contribution is -0.118. The summed E-state index contributed by atoms with van der Waals surface area (Å²) in [4.78, 5) is 21.0. The number of hydrogen-bond donors (Lipinski definition) is 0. The summed E-state index contributed by atoms with van der Waals surface area (Å²) in [5.41, 5.74) is 0.927. The molecule has 0 aliphatic carbocycles. The van der Waals surface area contributed by atoms with E-state index >= 15 is 0 Å². The number of hydrogen-bond acceptors (Lipinski definition) is 6. The average Bonchev–Trinajstić information content (AvgIpc) is 3.19. The van der Waals surface area contributed by atoms with Gasteiger partial charge in [-0.15, -0.1) is 12.4 Å². The third kappa shape index (κ3) is 6.71. The van der Waals surface area contributed by atoms with Gasteiger partial charge in [-0.05, 0) is 38.2 Å². The van der Waals surface area contributed by atoms with E-state index in [1.807, 2.05) is 20.8 Å². The van der Waals surface area contributed by atoms with Crippen molar-refractivity contribution in [2.75, 3.05) is 36.8 Å². The first-order chi connectivity index (χ1) is 15.6. The van der Waals surface area contributed by atoms with Crippen LogP contribution in [0, 0.1) is 18.6 Å². The maximum atomic E-state index is 14.2. The van der Waals surface area contributed by atoms with Gasteiger partial charge < -0.3 is 4.90 Å². The second kappa shape index (κ2) is 12.0. The van der Waals surface area contributed by atoms with Crippen LogP contribution < -0.4 is 4.90 Å². The molecule has 0 fully saturated rings. The molecule has 0 spiro atoms. The molecule has 0 atom stereocenters. The normalized spacial score (nSPS) is 11.6. The van der Waals surface area contributed by atoms with Crippen LogP contribution in [0.15, 0.2) is 41.3 Å². The zero-order valence-corrected chi connectivity index (χ0v) is 21.7. The number of amides is 1. The molecule has 3 aromatic rings. The van der Waals surface area contributed by atoms with Gasteiger partial charge in [0.05, 0.1) is 15.3 Å². The SMILES string of the molecule is CCN(CC)CCN(C(=O)CCS(=O)(=O)c1ccc(C)cc1)c1nc2c(F)cc(F)cc2s1.Cl. The van der Waals surface area contributed by atoms with Crippen LogP contribution in [0.4, 0.5) is 13.9 Å². The number of aromatic nitrogens is 1. The van der Waals surface area contributed by atoms with E-state index in [0.717, 1.165) is 36.1 Å². The fourth-order valence-electron chi connectivity index (χ4n) is 3.39. The molecule has 2 aromatic carbocycles.